The lowest BCUT2D eigenvalue weighted by atomic mass is 10.1. The number of sulfonamides is 1. The minimum atomic E-state index is -3.59. The van der Waals surface area contributed by atoms with E-state index < -0.39 is 10.0 Å². The zero-order valence-electron chi connectivity index (χ0n) is 15.6. The number of anilines is 2. The van der Waals surface area contributed by atoms with E-state index in [2.05, 4.69) is 24.4 Å². The lowest BCUT2D eigenvalue weighted by molar-refractivity contribution is 0.592. The van der Waals surface area contributed by atoms with Gasteiger partial charge in [-0.3, -0.25) is 4.31 Å². The Labute approximate surface area is 161 Å². The maximum Gasteiger partial charge on any atom is 0.264 e. The minimum Gasteiger partial charge on any atom is -0.381 e. The Bertz CT molecular complexity index is 984. The van der Waals surface area contributed by atoms with Crippen molar-refractivity contribution in [2.45, 2.75) is 25.3 Å². The highest BCUT2D eigenvalue weighted by Gasteiger charge is 2.23. The molecule has 3 aromatic rings. The fraction of sp³-hybridized carbons (Fsp3) is 0.182. The highest BCUT2D eigenvalue weighted by molar-refractivity contribution is 7.92. The van der Waals surface area contributed by atoms with Gasteiger partial charge in [0, 0.05) is 18.8 Å². The zero-order valence-corrected chi connectivity index (χ0v) is 16.4. The third-order valence-corrected chi connectivity index (χ3v) is 6.44. The third kappa shape index (κ3) is 4.31. The Hall–Kier alpha value is -2.79. The molecule has 5 heteroatoms. The monoisotopic (exact) mass is 380 g/mol. The van der Waals surface area contributed by atoms with Gasteiger partial charge in [0.1, 0.15) is 0 Å². The largest absolute Gasteiger partial charge is 0.381 e. The summed E-state index contributed by atoms with van der Waals surface area (Å²) < 4.78 is 27.4. The smallest absolute Gasteiger partial charge is 0.264 e. The van der Waals surface area contributed by atoms with Gasteiger partial charge in [-0.2, -0.15) is 0 Å². The molecule has 0 aliphatic heterocycles. The van der Waals surface area contributed by atoms with Crippen molar-refractivity contribution in [2.24, 2.45) is 0 Å². The highest BCUT2D eigenvalue weighted by Crippen LogP contribution is 2.24. The van der Waals surface area contributed by atoms with E-state index in [0.29, 0.717) is 18.8 Å². The molecule has 3 aromatic carbocycles. The molecule has 0 unspecified atom stereocenters. The number of hydrogen-bond acceptors (Lipinski definition) is 3. The molecular formula is C22H24N2O2S. The summed E-state index contributed by atoms with van der Waals surface area (Å²) in [5.41, 5.74) is 4.00. The van der Waals surface area contributed by atoms with Crippen molar-refractivity contribution >= 4 is 21.4 Å². The molecule has 1 N–H and O–H groups in total. The number of hydrogen-bond donors (Lipinski definition) is 1. The number of benzene rings is 3. The van der Waals surface area contributed by atoms with E-state index in [-0.39, 0.29) is 4.90 Å². The average molecular weight is 381 g/mol. The summed E-state index contributed by atoms with van der Waals surface area (Å²) in [7, 11) is -3.59. The maximum absolute atomic E-state index is 13.0. The number of rotatable bonds is 7. The van der Waals surface area contributed by atoms with Crippen LogP contribution in [-0.2, 0) is 16.6 Å². The van der Waals surface area contributed by atoms with Crippen molar-refractivity contribution in [3.8, 4) is 0 Å². The van der Waals surface area contributed by atoms with Gasteiger partial charge in [-0.1, -0.05) is 42.5 Å². The Morgan fingerprint density at radius 1 is 0.852 bits per heavy atom. The molecule has 0 atom stereocenters. The summed E-state index contributed by atoms with van der Waals surface area (Å²) in [5, 5.41) is 3.35. The van der Waals surface area contributed by atoms with Gasteiger partial charge in [-0.05, 0) is 61.4 Å². The second-order valence-electron chi connectivity index (χ2n) is 6.31. The molecular weight excluding hydrogens is 356 g/mol. The van der Waals surface area contributed by atoms with Crippen LogP contribution in [0.15, 0.2) is 83.8 Å². The number of aryl methyl sites for hydroxylation is 1. The Morgan fingerprint density at radius 3 is 2.11 bits per heavy atom. The van der Waals surface area contributed by atoms with Crippen LogP contribution in [0.3, 0.4) is 0 Å². The van der Waals surface area contributed by atoms with Gasteiger partial charge in [-0.15, -0.1) is 0 Å². The van der Waals surface area contributed by atoms with E-state index >= 15 is 0 Å². The second-order valence-corrected chi connectivity index (χ2v) is 8.17. The highest BCUT2D eigenvalue weighted by atomic mass is 32.2. The van der Waals surface area contributed by atoms with Crippen LogP contribution in [0.4, 0.5) is 11.4 Å². The minimum absolute atomic E-state index is 0.287. The maximum atomic E-state index is 13.0. The standard InChI is InChI=1S/C22H24N2O2S/c1-3-24(21-11-5-4-6-12-21)27(25,26)22-15-13-20(14-16-22)23-17-19-10-8-7-9-18(19)2/h4-16,23H,3,17H2,1-2H3. The van der Waals surface area contributed by atoms with Crippen LogP contribution in [0.1, 0.15) is 18.1 Å². The van der Waals surface area contributed by atoms with Gasteiger partial charge in [-0.25, -0.2) is 8.42 Å². The normalized spacial score (nSPS) is 11.2. The SMILES string of the molecule is CCN(c1ccccc1)S(=O)(=O)c1ccc(NCc2ccccc2C)cc1. The van der Waals surface area contributed by atoms with E-state index in [9.17, 15) is 8.42 Å². The first-order valence-electron chi connectivity index (χ1n) is 8.98. The predicted octanol–water partition coefficient (Wildman–Crippen LogP) is 4.82. The summed E-state index contributed by atoms with van der Waals surface area (Å²) in [5.74, 6) is 0. The van der Waals surface area contributed by atoms with Crippen LogP contribution >= 0.6 is 0 Å². The van der Waals surface area contributed by atoms with Gasteiger partial charge in [0.25, 0.3) is 10.0 Å². The Morgan fingerprint density at radius 2 is 1.48 bits per heavy atom. The van der Waals surface area contributed by atoms with Crippen LogP contribution < -0.4 is 9.62 Å². The molecule has 0 aliphatic rings. The van der Waals surface area contributed by atoms with Gasteiger partial charge < -0.3 is 5.32 Å². The van der Waals surface area contributed by atoms with E-state index in [4.69, 9.17) is 0 Å². The molecule has 0 saturated carbocycles. The fourth-order valence-corrected chi connectivity index (χ4v) is 4.44. The van der Waals surface area contributed by atoms with Gasteiger partial charge in [0.05, 0.1) is 10.6 Å². The Kier molecular flexibility index (Phi) is 5.81. The number of nitrogens with zero attached hydrogens (tertiary/aromatic N) is 1. The molecule has 0 fully saturated rings. The van der Waals surface area contributed by atoms with Gasteiger partial charge in [0.15, 0.2) is 0 Å². The summed E-state index contributed by atoms with van der Waals surface area (Å²) >= 11 is 0. The third-order valence-electron chi connectivity index (χ3n) is 4.52. The number of para-hydroxylation sites is 1. The van der Waals surface area contributed by atoms with Crippen molar-refractivity contribution in [1.29, 1.82) is 0 Å². The van der Waals surface area contributed by atoms with Crippen LogP contribution in [0, 0.1) is 6.92 Å². The van der Waals surface area contributed by atoms with Crippen LogP contribution in [0.25, 0.3) is 0 Å². The van der Waals surface area contributed by atoms with Crippen molar-refractivity contribution < 1.29 is 8.42 Å². The van der Waals surface area contributed by atoms with Crippen LogP contribution in [0.2, 0.25) is 0 Å². The van der Waals surface area contributed by atoms with Gasteiger partial charge in [0.2, 0.25) is 0 Å². The summed E-state index contributed by atoms with van der Waals surface area (Å²) in [6.45, 7) is 4.99. The first-order chi connectivity index (χ1) is 13.0. The first-order valence-corrected chi connectivity index (χ1v) is 10.4. The quantitative estimate of drug-likeness (QED) is 0.639. The van der Waals surface area contributed by atoms with E-state index in [1.807, 2.05) is 49.4 Å². The van der Waals surface area contributed by atoms with Crippen LogP contribution in [0.5, 0.6) is 0 Å². The Balaban J connectivity index is 1.76. The van der Waals surface area contributed by atoms with E-state index in [1.54, 1.807) is 24.3 Å². The molecule has 0 aliphatic carbocycles. The molecule has 0 aromatic heterocycles. The molecule has 0 bridgehead atoms. The predicted molar refractivity (Wildman–Crippen MR) is 112 cm³/mol. The van der Waals surface area contributed by atoms with Crippen molar-refractivity contribution in [3.63, 3.8) is 0 Å². The zero-order chi connectivity index (χ0) is 19.3. The summed E-state index contributed by atoms with van der Waals surface area (Å²) in [6, 6.07) is 24.3. The molecule has 27 heavy (non-hydrogen) atoms. The summed E-state index contributed by atoms with van der Waals surface area (Å²) in [6.07, 6.45) is 0. The molecule has 0 heterocycles. The lowest BCUT2D eigenvalue weighted by Gasteiger charge is -2.23. The van der Waals surface area contributed by atoms with Crippen LogP contribution in [-0.4, -0.2) is 15.0 Å². The topological polar surface area (TPSA) is 49.4 Å². The number of nitrogens with one attached hydrogen (secondary N) is 1. The molecule has 4 nitrogen and oxygen atoms in total. The van der Waals surface area contributed by atoms with Crippen molar-refractivity contribution in [1.82, 2.24) is 0 Å². The lowest BCUT2D eigenvalue weighted by Crippen LogP contribution is -2.30. The molecule has 0 radical (unpaired) electrons. The van der Waals surface area contributed by atoms with Crippen molar-refractivity contribution in [2.75, 3.05) is 16.2 Å². The average Bonchev–Trinajstić information content (AvgIpc) is 2.69. The second kappa shape index (κ2) is 8.27. The summed E-state index contributed by atoms with van der Waals surface area (Å²) in [4.78, 5) is 0.287. The molecule has 3 rings (SSSR count). The fourth-order valence-electron chi connectivity index (χ4n) is 2.96. The van der Waals surface area contributed by atoms with E-state index in [1.165, 1.54) is 15.4 Å². The molecule has 0 amide bonds. The molecule has 0 saturated heterocycles. The first kappa shape index (κ1) is 19.0. The van der Waals surface area contributed by atoms with Gasteiger partial charge >= 0.3 is 0 Å². The molecule has 0 spiro atoms. The van der Waals surface area contributed by atoms with Crippen molar-refractivity contribution in [3.05, 3.63) is 90.0 Å². The van der Waals surface area contributed by atoms with E-state index in [0.717, 1.165) is 5.69 Å². The molecule has 140 valence electrons.